The summed E-state index contributed by atoms with van der Waals surface area (Å²) in [4.78, 5) is 34.1. The monoisotopic (exact) mass is 223 g/mol. The SMILES string of the molecule is CCC(CN)c1nc2[nH]c(=O)[nH]c(=O)c2[nH]1. The standard InChI is InChI=1S/C9H13N5O2/c1-2-4(3-10)6-11-5-7(12-6)13-9(16)14-8(5)15/h4H,2-3,10H2,1H3,(H3,11,12,13,14,15,16). The summed E-state index contributed by atoms with van der Waals surface area (Å²) in [6.45, 7) is 2.43. The minimum Gasteiger partial charge on any atom is -0.336 e. The Morgan fingerprint density at radius 2 is 2.06 bits per heavy atom. The van der Waals surface area contributed by atoms with Gasteiger partial charge in [-0.25, -0.2) is 9.78 Å². The van der Waals surface area contributed by atoms with Crippen LogP contribution in [0.5, 0.6) is 0 Å². The lowest BCUT2D eigenvalue weighted by Gasteiger charge is -2.06. The first kappa shape index (κ1) is 10.6. The molecule has 0 aliphatic carbocycles. The Morgan fingerprint density at radius 1 is 1.31 bits per heavy atom. The largest absolute Gasteiger partial charge is 0.336 e. The van der Waals surface area contributed by atoms with Crippen LogP contribution in [-0.4, -0.2) is 26.5 Å². The predicted octanol–water partition coefficient (Wildman–Crippen LogP) is -0.608. The fraction of sp³-hybridized carbons (Fsp3) is 0.444. The van der Waals surface area contributed by atoms with Crippen molar-refractivity contribution in [3.63, 3.8) is 0 Å². The van der Waals surface area contributed by atoms with Crippen molar-refractivity contribution in [3.05, 3.63) is 26.7 Å². The van der Waals surface area contributed by atoms with Crippen molar-refractivity contribution in [3.8, 4) is 0 Å². The Morgan fingerprint density at radius 3 is 2.69 bits per heavy atom. The first-order valence-corrected chi connectivity index (χ1v) is 5.08. The molecule has 0 saturated heterocycles. The van der Waals surface area contributed by atoms with E-state index in [9.17, 15) is 9.59 Å². The van der Waals surface area contributed by atoms with Crippen molar-refractivity contribution < 1.29 is 0 Å². The van der Waals surface area contributed by atoms with Crippen molar-refractivity contribution >= 4 is 11.2 Å². The van der Waals surface area contributed by atoms with E-state index in [0.717, 1.165) is 6.42 Å². The Labute approximate surface area is 90.1 Å². The molecule has 0 aliphatic rings. The van der Waals surface area contributed by atoms with Gasteiger partial charge in [0.2, 0.25) is 0 Å². The van der Waals surface area contributed by atoms with Crippen molar-refractivity contribution in [1.29, 1.82) is 0 Å². The molecule has 0 aliphatic heterocycles. The third-order valence-corrected chi connectivity index (χ3v) is 2.57. The molecular formula is C9H13N5O2. The molecule has 2 rings (SSSR count). The fourth-order valence-corrected chi connectivity index (χ4v) is 1.62. The van der Waals surface area contributed by atoms with Gasteiger partial charge in [0.25, 0.3) is 5.56 Å². The van der Waals surface area contributed by atoms with E-state index in [0.29, 0.717) is 12.4 Å². The Bertz CT molecular complexity index is 604. The summed E-state index contributed by atoms with van der Waals surface area (Å²) >= 11 is 0. The average Bonchev–Trinajstić information content (AvgIpc) is 2.63. The summed E-state index contributed by atoms with van der Waals surface area (Å²) < 4.78 is 0. The van der Waals surface area contributed by atoms with Gasteiger partial charge in [-0.2, -0.15) is 0 Å². The number of aromatic amines is 3. The van der Waals surface area contributed by atoms with Gasteiger partial charge < -0.3 is 10.7 Å². The van der Waals surface area contributed by atoms with Crippen LogP contribution in [-0.2, 0) is 0 Å². The van der Waals surface area contributed by atoms with Crippen LogP contribution in [0.2, 0.25) is 0 Å². The van der Waals surface area contributed by atoms with Gasteiger partial charge in [-0.15, -0.1) is 0 Å². The molecule has 0 aromatic carbocycles. The Kier molecular flexibility index (Phi) is 2.61. The van der Waals surface area contributed by atoms with Crippen molar-refractivity contribution in [2.24, 2.45) is 5.73 Å². The number of hydrogen-bond donors (Lipinski definition) is 4. The lowest BCUT2D eigenvalue weighted by Crippen LogP contribution is -2.21. The number of imidazole rings is 1. The number of aromatic nitrogens is 4. The third kappa shape index (κ3) is 1.65. The summed E-state index contributed by atoms with van der Waals surface area (Å²) in [7, 11) is 0. The highest BCUT2D eigenvalue weighted by molar-refractivity contribution is 5.68. The molecule has 0 amide bonds. The number of H-pyrrole nitrogens is 3. The van der Waals surface area contributed by atoms with Gasteiger partial charge in [0.05, 0.1) is 0 Å². The van der Waals surface area contributed by atoms with Crippen molar-refractivity contribution in [2.45, 2.75) is 19.3 Å². The maximum atomic E-state index is 11.4. The normalized spacial score (nSPS) is 13.1. The molecular weight excluding hydrogens is 210 g/mol. The zero-order valence-electron chi connectivity index (χ0n) is 8.83. The number of hydrogen-bond acceptors (Lipinski definition) is 4. The first-order chi connectivity index (χ1) is 7.65. The van der Waals surface area contributed by atoms with Crippen molar-refractivity contribution in [1.82, 2.24) is 19.9 Å². The maximum Gasteiger partial charge on any atom is 0.327 e. The highest BCUT2D eigenvalue weighted by atomic mass is 16.2. The zero-order chi connectivity index (χ0) is 11.7. The van der Waals surface area contributed by atoms with E-state index in [-0.39, 0.29) is 17.1 Å². The van der Waals surface area contributed by atoms with Gasteiger partial charge in [0, 0.05) is 12.5 Å². The van der Waals surface area contributed by atoms with E-state index in [1.807, 2.05) is 6.92 Å². The number of rotatable bonds is 3. The van der Waals surface area contributed by atoms with Crippen LogP contribution in [0.4, 0.5) is 0 Å². The molecule has 0 radical (unpaired) electrons. The Hall–Kier alpha value is -1.89. The van der Waals surface area contributed by atoms with Crippen LogP contribution in [0.15, 0.2) is 9.59 Å². The molecule has 5 N–H and O–H groups in total. The van der Waals surface area contributed by atoms with Gasteiger partial charge in [0.15, 0.2) is 5.65 Å². The molecule has 7 nitrogen and oxygen atoms in total. The van der Waals surface area contributed by atoms with Crippen molar-refractivity contribution in [2.75, 3.05) is 6.54 Å². The summed E-state index contributed by atoms with van der Waals surface area (Å²) in [5.74, 6) is 0.697. The smallest absolute Gasteiger partial charge is 0.327 e. The maximum absolute atomic E-state index is 11.4. The number of nitrogens with one attached hydrogen (secondary N) is 3. The zero-order valence-corrected chi connectivity index (χ0v) is 8.83. The quantitative estimate of drug-likeness (QED) is 0.554. The van der Waals surface area contributed by atoms with Crippen LogP contribution in [0.1, 0.15) is 25.1 Å². The molecule has 2 heterocycles. The van der Waals surface area contributed by atoms with Gasteiger partial charge >= 0.3 is 5.69 Å². The van der Waals surface area contributed by atoms with E-state index in [4.69, 9.17) is 5.73 Å². The van der Waals surface area contributed by atoms with E-state index in [2.05, 4.69) is 19.9 Å². The average molecular weight is 223 g/mol. The predicted molar refractivity (Wildman–Crippen MR) is 59.4 cm³/mol. The van der Waals surface area contributed by atoms with Crippen LogP contribution in [0, 0.1) is 0 Å². The number of nitrogens with two attached hydrogens (primary N) is 1. The first-order valence-electron chi connectivity index (χ1n) is 5.08. The second kappa shape index (κ2) is 3.93. The molecule has 1 unspecified atom stereocenters. The molecule has 0 bridgehead atoms. The summed E-state index contributed by atoms with van der Waals surface area (Å²) in [5, 5.41) is 0. The minimum absolute atomic E-state index is 0.0651. The molecule has 0 fully saturated rings. The highest BCUT2D eigenvalue weighted by Crippen LogP contribution is 2.15. The fourth-order valence-electron chi connectivity index (χ4n) is 1.62. The molecule has 16 heavy (non-hydrogen) atoms. The topological polar surface area (TPSA) is 120 Å². The van der Waals surface area contributed by atoms with Gasteiger partial charge in [-0.3, -0.25) is 14.8 Å². The van der Waals surface area contributed by atoms with E-state index in [1.54, 1.807) is 0 Å². The lowest BCUT2D eigenvalue weighted by atomic mass is 10.1. The molecule has 2 aromatic heterocycles. The summed E-state index contributed by atoms with van der Waals surface area (Å²) in [6.07, 6.45) is 0.818. The van der Waals surface area contributed by atoms with Crippen LogP contribution in [0.25, 0.3) is 11.2 Å². The molecule has 1 atom stereocenters. The molecule has 0 saturated carbocycles. The third-order valence-electron chi connectivity index (χ3n) is 2.57. The molecule has 7 heteroatoms. The van der Waals surface area contributed by atoms with Gasteiger partial charge in [0.1, 0.15) is 11.3 Å². The Balaban J connectivity index is 2.64. The van der Waals surface area contributed by atoms with E-state index >= 15 is 0 Å². The summed E-state index contributed by atoms with van der Waals surface area (Å²) in [6, 6.07) is 0. The molecule has 2 aromatic rings. The number of fused-ring (bicyclic) bond motifs is 1. The van der Waals surface area contributed by atoms with Crippen LogP contribution < -0.4 is 17.0 Å². The molecule has 0 spiro atoms. The van der Waals surface area contributed by atoms with Gasteiger partial charge in [-0.1, -0.05) is 6.92 Å². The van der Waals surface area contributed by atoms with E-state index < -0.39 is 11.2 Å². The van der Waals surface area contributed by atoms with Crippen LogP contribution >= 0.6 is 0 Å². The lowest BCUT2D eigenvalue weighted by molar-refractivity contribution is 0.640. The molecule has 86 valence electrons. The van der Waals surface area contributed by atoms with Crippen LogP contribution in [0.3, 0.4) is 0 Å². The van der Waals surface area contributed by atoms with Gasteiger partial charge in [-0.05, 0) is 6.42 Å². The van der Waals surface area contributed by atoms with E-state index in [1.165, 1.54) is 0 Å². The number of nitrogens with zero attached hydrogens (tertiary/aromatic N) is 1. The second-order valence-corrected chi connectivity index (χ2v) is 3.59. The summed E-state index contributed by atoms with van der Waals surface area (Å²) in [5.41, 5.74) is 5.11. The highest BCUT2D eigenvalue weighted by Gasteiger charge is 2.14. The second-order valence-electron chi connectivity index (χ2n) is 3.59. The minimum atomic E-state index is -0.559.